The highest BCUT2D eigenvalue weighted by Gasteiger charge is 2.13. The Kier molecular flexibility index (Phi) is 4.04. The van der Waals surface area contributed by atoms with Crippen molar-refractivity contribution >= 4 is 22.6 Å². The van der Waals surface area contributed by atoms with E-state index >= 15 is 0 Å². The number of unbranched alkanes of at least 4 members (excludes halogenated alkanes) is 2. The molecular weight excluding hydrogens is 244 g/mol. The van der Waals surface area contributed by atoms with Gasteiger partial charge in [0.1, 0.15) is 5.58 Å². The van der Waals surface area contributed by atoms with E-state index in [0.29, 0.717) is 30.7 Å². The van der Waals surface area contributed by atoms with Crippen LogP contribution in [-0.4, -0.2) is 12.6 Å². The van der Waals surface area contributed by atoms with Crippen molar-refractivity contribution < 1.29 is 13.9 Å². The van der Waals surface area contributed by atoms with Crippen LogP contribution in [0.3, 0.4) is 0 Å². The van der Waals surface area contributed by atoms with Gasteiger partial charge >= 0.3 is 5.97 Å². The predicted octanol–water partition coefficient (Wildman–Crippen LogP) is 2.87. The van der Waals surface area contributed by atoms with Crippen LogP contribution in [0.4, 0.5) is 5.69 Å². The van der Waals surface area contributed by atoms with E-state index in [4.69, 9.17) is 20.1 Å². The summed E-state index contributed by atoms with van der Waals surface area (Å²) in [4.78, 5) is 11.7. The number of nitrogens with two attached hydrogens (primary N) is 1. The second-order valence-electron chi connectivity index (χ2n) is 4.16. The standard InChI is InChI=1S/C14H14N2O3/c15-6-2-1-3-7-18-14(17)13-9-10-8-11(16)4-5-12(10)19-13/h4-5,8-9H,1-3,7,16H2. The number of benzene rings is 1. The quantitative estimate of drug-likeness (QED) is 0.506. The second-order valence-corrected chi connectivity index (χ2v) is 4.16. The molecule has 19 heavy (non-hydrogen) atoms. The molecule has 0 spiro atoms. The van der Waals surface area contributed by atoms with Gasteiger partial charge in [-0.25, -0.2) is 4.79 Å². The number of carbonyl (C=O) groups is 1. The third-order valence-corrected chi connectivity index (χ3v) is 2.66. The van der Waals surface area contributed by atoms with Crippen LogP contribution in [0.1, 0.15) is 29.8 Å². The van der Waals surface area contributed by atoms with Crippen molar-refractivity contribution in [1.29, 1.82) is 5.26 Å². The van der Waals surface area contributed by atoms with E-state index in [1.807, 2.05) is 6.07 Å². The summed E-state index contributed by atoms with van der Waals surface area (Å²) >= 11 is 0. The molecule has 0 atom stereocenters. The first-order chi connectivity index (χ1) is 9.20. The topological polar surface area (TPSA) is 89.2 Å². The Balaban J connectivity index is 1.96. The minimum atomic E-state index is -0.494. The van der Waals surface area contributed by atoms with E-state index in [1.165, 1.54) is 0 Å². The van der Waals surface area contributed by atoms with Crippen molar-refractivity contribution in [2.45, 2.75) is 19.3 Å². The normalized spacial score (nSPS) is 10.3. The molecule has 0 aliphatic heterocycles. The zero-order valence-electron chi connectivity index (χ0n) is 10.4. The molecule has 0 aliphatic rings. The van der Waals surface area contributed by atoms with Crippen LogP contribution >= 0.6 is 0 Å². The summed E-state index contributed by atoms with van der Waals surface area (Å²) in [5, 5.41) is 9.15. The highest BCUT2D eigenvalue weighted by molar-refractivity contribution is 5.93. The molecule has 5 heteroatoms. The first kappa shape index (κ1) is 13.0. The highest BCUT2D eigenvalue weighted by Crippen LogP contribution is 2.22. The summed E-state index contributed by atoms with van der Waals surface area (Å²) in [6, 6.07) is 8.82. The van der Waals surface area contributed by atoms with E-state index < -0.39 is 5.97 Å². The summed E-state index contributed by atoms with van der Waals surface area (Å²) in [6.45, 7) is 0.291. The monoisotopic (exact) mass is 258 g/mol. The smallest absolute Gasteiger partial charge is 0.374 e. The number of ether oxygens (including phenoxy) is 1. The average Bonchev–Trinajstić information content (AvgIpc) is 2.81. The van der Waals surface area contributed by atoms with Gasteiger partial charge in [-0.05, 0) is 37.1 Å². The lowest BCUT2D eigenvalue weighted by molar-refractivity contribution is 0.0465. The van der Waals surface area contributed by atoms with Crippen molar-refractivity contribution in [3.05, 3.63) is 30.0 Å². The number of fused-ring (bicyclic) bond motifs is 1. The molecule has 0 radical (unpaired) electrons. The number of hydrogen-bond donors (Lipinski definition) is 1. The molecule has 2 rings (SSSR count). The van der Waals surface area contributed by atoms with Crippen LogP contribution in [-0.2, 0) is 4.74 Å². The summed E-state index contributed by atoms with van der Waals surface area (Å²) in [7, 11) is 0. The molecule has 0 saturated heterocycles. The van der Waals surface area contributed by atoms with Crippen molar-refractivity contribution in [2.75, 3.05) is 12.3 Å². The average molecular weight is 258 g/mol. The summed E-state index contributed by atoms with van der Waals surface area (Å²) in [6.07, 6.45) is 1.87. The number of carbonyl (C=O) groups excluding carboxylic acids is 1. The van der Waals surface area contributed by atoms with Gasteiger partial charge in [-0.3, -0.25) is 0 Å². The van der Waals surface area contributed by atoms with Gasteiger partial charge in [-0.1, -0.05) is 0 Å². The van der Waals surface area contributed by atoms with Gasteiger partial charge < -0.3 is 14.9 Å². The molecule has 0 fully saturated rings. The number of nitrogens with zero attached hydrogens (tertiary/aromatic N) is 1. The van der Waals surface area contributed by atoms with E-state index in [9.17, 15) is 4.79 Å². The Morgan fingerprint density at radius 3 is 3.00 bits per heavy atom. The number of furan rings is 1. The number of nitrogen functional groups attached to an aromatic ring is 1. The van der Waals surface area contributed by atoms with E-state index in [2.05, 4.69) is 0 Å². The molecule has 2 N–H and O–H groups in total. The van der Waals surface area contributed by atoms with Gasteiger partial charge in [0.25, 0.3) is 0 Å². The van der Waals surface area contributed by atoms with Gasteiger partial charge in [-0.2, -0.15) is 5.26 Å². The molecule has 0 bridgehead atoms. The third kappa shape index (κ3) is 3.26. The summed E-state index contributed by atoms with van der Waals surface area (Å²) in [5.41, 5.74) is 6.87. The van der Waals surface area contributed by atoms with Gasteiger partial charge in [0.15, 0.2) is 0 Å². The van der Waals surface area contributed by atoms with E-state index in [1.54, 1.807) is 24.3 Å². The van der Waals surface area contributed by atoms with E-state index in [0.717, 1.165) is 11.8 Å². The Hall–Kier alpha value is -2.48. The first-order valence-corrected chi connectivity index (χ1v) is 6.04. The molecular formula is C14H14N2O3. The maximum atomic E-state index is 11.7. The molecule has 1 heterocycles. The molecule has 2 aromatic rings. The predicted molar refractivity (Wildman–Crippen MR) is 70.4 cm³/mol. The largest absolute Gasteiger partial charge is 0.460 e. The number of rotatable bonds is 5. The highest BCUT2D eigenvalue weighted by atomic mass is 16.5. The van der Waals surface area contributed by atoms with Crippen LogP contribution in [0, 0.1) is 11.3 Å². The molecule has 0 saturated carbocycles. The van der Waals surface area contributed by atoms with Gasteiger partial charge in [0, 0.05) is 17.5 Å². The minimum absolute atomic E-state index is 0.167. The van der Waals surface area contributed by atoms with Crippen molar-refractivity contribution in [2.24, 2.45) is 0 Å². The fourth-order valence-electron chi connectivity index (χ4n) is 1.70. The molecule has 0 unspecified atom stereocenters. The molecule has 98 valence electrons. The van der Waals surface area contributed by atoms with Crippen molar-refractivity contribution in [1.82, 2.24) is 0 Å². The van der Waals surface area contributed by atoms with Crippen LogP contribution in [0.25, 0.3) is 11.0 Å². The molecule has 0 aliphatic carbocycles. The lowest BCUT2D eigenvalue weighted by Gasteiger charge is -2.00. The maximum Gasteiger partial charge on any atom is 0.374 e. The second kappa shape index (κ2) is 5.91. The zero-order valence-corrected chi connectivity index (χ0v) is 10.4. The lowest BCUT2D eigenvalue weighted by Crippen LogP contribution is -2.05. The lowest BCUT2D eigenvalue weighted by atomic mass is 10.2. The number of anilines is 1. The van der Waals surface area contributed by atoms with E-state index in [-0.39, 0.29) is 5.76 Å². The van der Waals surface area contributed by atoms with Gasteiger partial charge in [-0.15, -0.1) is 0 Å². The Morgan fingerprint density at radius 1 is 1.37 bits per heavy atom. The Labute approximate surface area is 110 Å². The van der Waals surface area contributed by atoms with Crippen LogP contribution in [0.2, 0.25) is 0 Å². The van der Waals surface area contributed by atoms with Crippen molar-refractivity contribution in [3.8, 4) is 6.07 Å². The van der Waals surface area contributed by atoms with Crippen LogP contribution in [0.5, 0.6) is 0 Å². The van der Waals surface area contributed by atoms with Crippen molar-refractivity contribution in [3.63, 3.8) is 0 Å². The number of esters is 1. The third-order valence-electron chi connectivity index (χ3n) is 2.66. The Morgan fingerprint density at radius 2 is 2.21 bits per heavy atom. The minimum Gasteiger partial charge on any atom is -0.460 e. The summed E-state index contributed by atoms with van der Waals surface area (Å²) in [5.74, 6) is -0.326. The molecule has 1 aromatic carbocycles. The van der Waals surface area contributed by atoms with Gasteiger partial charge in [0.05, 0.1) is 12.7 Å². The maximum absolute atomic E-state index is 11.7. The summed E-state index contributed by atoms with van der Waals surface area (Å²) < 4.78 is 10.4. The first-order valence-electron chi connectivity index (χ1n) is 6.04. The fraction of sp³-hybridized carbons (Fsp3) is 0.286. The van der Waals surface area contributed by atoms with Crippen LogP contribution < -0.4 is 5.73 Å². The SMILES string of the molecule is N#CCCCCOC(=O)c1cc2cc(N)ccc2o1. The molecule has 0 amide bonds. The molecule has 5 nitrogen and oxygen atoms in total. The molecule has 1 aromatic heterocycles. The van der Waals surface area contributed by atoms with Gasteiger partial charge in [0.2, 0.25) is 5.76 Å². The Bertz CT molecular complexity index is 625. The van der Waals surface area contributed by atoms with Crippen LogP contribution in [0.15, 0.2) is 28.7 Å². The number of nitriles is 1. The zero-order chi connectivity index (χ0) is 13.7. The fourth-order valence-corrected chi connectivity index (χ4v) is 1.70. The number of hydrogen-bond acceptors (Lipinski definition) is 5.